The molecule has 0 unspecified atom stereocenters. The molecule has 0 bridgehead atoms. The van der Waals surface area contributed by atoms with Crippen LogP contribution in [0.15, 0.2) is 48.5 Å². The molecular formula is C21H32. The van der Waals surface area contributed by atoms with Gasteiger partial charge in [-0.1, -0.05) is 90.1 Å². The summed E-state index contributed by atoms with van der Waals surface area (Å²) in [6, 6.07) is 17.8. The minimum absolute atomic E-state index is 1.04. The molecule has 0 radical (unpaired) electrons. The second kappa shape index (κ2) is 12.2. The molecule has 0 aliphatic rings. The summed E-state index contributed by atoms with van der Waals surface area (Å²) in [6.07, 6.45) is 3.27. The summed E-state index contributed by atoms with van der Waals surface area (Å²) in [7, 11) is 0. The van der Waals surface area contributed by atoms with Crippen molar-refractivity contribution in [2.75, 3.05) is 0 Å². The predicted molar refractivity (Wildman–Crippen MR) is 97.1 cm³/mol. The highest BCUT2D eigenvalue weighted by Crippen LogP contribution is 2.13. The lowest BCUT2D eigenvalue weighted by molar-refractivity contribution is 1.09. The Labute approximate surface area is 132 Å². The summed E-state index contributed by atoms with van der Waals surface area (Å²) < 4.78 is 0. The zero-order valence-electron chi connectivity index (χ0n) is 14.7. The van der Waals surface area contributed by atoms with Crippen LogP contribution in [0.3, 0.4) is 0 Å². The van der Waals surface area contributed by atoms with E-state index in [2.05, 4.69) is 62.4 Å². The number of hydrogen-bond acceptors (Lipinski definition) is 0. The minimum Gasteiger partial charge on any atom is -0.0683 e. The van der Waals surface area contributed by atoms with Gasteiger partial charge in [0.2, 0.25) is 0 Å². The molecule has 0 N–H and O–H groups in total. The van der Waals surface area contributed by atoms with Gasteiger partial charge < -0.3 is 0 Å². The molecule has 0 amide bonds. The molecular weight excluding hydrogens is 252 g/mol. The van der Waals surface area contributed by atoms with Gasteiger partial charge in [-0.3, -0.25) is 0 Å². The van der Waals surface area contributed by atoms with E-state index < -0.39 is 0 Å². The lowest BCUT2D eigenvalue weighted by atomic mass is 10.00. The molecule has 0 saturated heterocycles. The van der Waals surface area contributed by atoms with E-state index in [1.807, 2.05) is 27.7 Å². The van der Waals surface area contributed by atoms with Crippen molar-refractivity contribution in [3.05, 3.63) is 70.8 Å². The lowest BCUT2D eigenvalue weighted by Gasteiger charge is -2.06. The van der Waals surface area contributed by atoms with Gasteiger partial charge in [0.15, 0.2) is 0 Å². The monoisotopic (exact) mass is 284 g/mol. The number of rotatable bonds is 4. The van der Waals surface area contributed by atoms with Crippen molar-refractivity contribution in [1.29, 1.82) is 0 Å². The number of hydrogen-bond donors (Lipinski definition) is 0. The fraction of sp³-hybridized carbons (Fsp3) is 0.429. The molecule has 2 rings (SSSR count). The molecule has 0 heteroatoms. The Kier molecular flexibility index (Phi) is 11.3. The summed E-state index contributed by atoms with van der Waals surface area (Å²) >= 11 is 0. The highest BCUT2D eigenvalue weighted by molar-refractivity contribution is 5.31. The van der Waals surface area contributed by atoms with Gasteiger partial charge in [0, 0.05) is 0 Å². The first-order valence-corrected chi connectivity index (χ1v) is 8.47. The molecule has 2 aromatic carbocycles. The van der Waals surface area contributed by atoms with Crippen LogP contribution >= 0.6 is 0 Å². The van der Waals surface area contributed by atoms with Crippen LogP contribution in [0.4, 0.5) is 0 Å². The van der Waals surface area contributed by atoms with Crippen molar-refractivity contribution in [3.8, 4) is 0 Å². The van der Waals surface area contributed by atoms with Gasteiger partial charge in [-0.05, 0) is 41.5 Å². The third kappa shape index (κ3) is 7.13. The average Bonchev–Trinajstić information content (AvgIpc) is 2.59. The first-order valence-electron chi connectivity index (χ1n) is 8.47. The maximum absolute atomic E-state index is 2.32. The second-order valence-corrected chi connectivity index (χ2v) is 4.52. The van der Waals surface area contributed by atoms with Crippen molar-refractivity contribution < 1.29 is 0 Å². The van der Waals surface area contributed by atoms with Gasteiger partial charge in [0.05, 0.1) is 0 Å². The molecule has 116 valence electrons. The Morgan fingerprint density at radius 2 is 0.905 bits per heavy atom. The zero-order chi connectivity index (χ0) is 16.1. The fourth-order valence-corrected chi connectivity index (χ4v) is 2.15. The third-order valence-electron chi connectivity index (χ3n) is 3.21. The summed E-state index contributed by atoms with van der Waals surface area (Å²) in [5, 5.41) is 0. The summed E-state index contributed by atoms with van der Waals surface area (Å²) in [6.45, 7) is 12.4. The first-order chi connectivity index (χ1) is 10.3. The van der Waals surface area contributed by atoms with Crippen LogP contribution in [0, 0.1) is 0 Å². The first kappa shape index (κ1) is 19.4. The van der Waals surface area contributed by atoms with Crippen molar-refractivity contribution in [2.24, 2.45) is 0 Å². The van der Waals surface area contributed by atoms with E-state index in [9.17, 15) is 0 Å². The van der Waals surface area contributed by atoms with Gasteiger partial charge in [-0.2, -0.15) is 0 Å². The van der Waals surface area contributed by atoms with E-state index >= 15 is 0 Å². The molecule has 0 saturated carbocycles. The van der Waals surface area contributed by atoms with Gasteiger partial charge in [-0.15, -0.1) is 0 Å². The Morgan fingerprint density at radius 3 is 1.24 bits per heavy atom. The molecule has 0 aliphatic heterocycles. The van der Waals surface area contributed by atoms with Crippen LogP contribution in [0.2, 0.25) is 0 Å². The molecule has 21 heavy (non-hydrogen) atoms. The third-order valence-corrected chi connectivity index (χ3v) is 3.21. The fourth-order valence-electron chi connectivity index (χ4n) is 2.15. The molecule has 0 nitrogen and oxygen atoms in total. The summed E-state index contributed by atoms with van der Waals surface area (Å²) in [5.74, 6) is 0. The van der Waals surface area contributed by atoms with Gasteiger partial charge >= 0.3 is 0 Å². The van der Waals surface area contributed by atoms with Crippen molar-refractivity contribution in [3.63, 3.8) is 0 Å². The number of aryl methyl sites for hydroxylation is 2. The Hall–Kier alpha value is -1.56. The number of benzene rings is 2. The molecule has 0 spiro atoms. The normalized spacial score (nSPS) is 9.05. The Bertz CT molecular complexity index is 437. The largest absolute Gasteiger partial charge is 0.0683 e. The van der Waals surface area contributed by atoms with E-state index in [4.69, 9.17) is 0 Å². The van der Waals surface area contributed by atoms with E-state index in [1.165, 1.54) is 22.3 Å². The minimum atomic E-state index is 1.04. The van der Waals surface area contributed by atoms with Crippen molar-refractivity contribution in [2.45, 2.75) is 60.8 Å². The second-order valence-electron chi connectivity index (χ2n) is 4.52. The van der Waals surface area contributed by atoms with Crippen LogP contribution in [-0.2, 0) is 19.3 Å². The van der Waals surface area contributed by atoms with Crippen molar-refractivity contribution in [1.82, 2.24) is 0 Å². The van der Waals surface area contributed by atoms with E-state index in [0.29, 0.717) is 0 Å². The summed E-state index contributed by atoms with van der Waals surface area (Å²) in [4.78, 5) is 0. The maximum atomic E-state index is 2.32. The Balaban J connectivity index is 0.000000921. The van der Waals surface area contributed by atoms with Crippen LogP contribution in [0.1, 0.15) is 63.8 Å². The van der Waals surface area contributed by atoms with Gasteiger partial charge in [0.1, 0.15) is 0 Å². The quantitative estimate of drug-likeness (QED) is 0.605. The van der Waals surface area contributed by atoms with Gasteiger partial charge in [0.25, 0.3) is 0 Å². The molecule has 0 aliphatic carbocycles. The van der Waals surface area contributed by atoms with Crippen LogP contribution < -0.4 is 0 Å². The van der Waals surface area contributed by atoms with Crippen LogP contribution in [0.25, 0.3) is 0 Å². The van der Waals surface area contributed by atoms with Crippen molar-refractivity contribution >= 4 is 0 Å². The van der Waals surface area contributed by atoms with Gasteiger partial charge in [-0.25, -0.2) is 0 Å². The average molecular weight is 284 g/mol. The molecule has 0 aromatic heterocycles. The standard InChI is InChI=1S/C17H20.2C2H6/c1-3-14-7-5-9-16(11-14)13-17-10-6-8-15(4-2)12-17;2*1-2/h5-12H,3-4,13H2,1-2H3;2*1-2H3. The van der Waals surface area contributed by atoms with E-state index in [-0.39, 0.29) is 0 Å². The maximum Gasteiger partial charge on any atom is -0.00256 e. The van der Waals surface area contributed by atoms with Crippen LogP contribution in [0.5, 0.6) is 0 Å². The highest BCUT2D eigenvalue weighted by atomic mass is 14.0. The lowest BCUT2D eigenvalue weighted by Crippen LogP contribution is -1.91. The van der Waals surface area contributed by atoms with E-state index in [0.717, 1.165) is 19.3 Å². The summed E-state index contributed by atoms with van der Waals surface area (Å²) in [5.41, 5.74) is 5.68. The SMILES string of the molecule is CC.CC.CCc1cccc(Cc2cccc(CC)c2)c1. The zero-order valence-corrected chi connectivity index (χ0v) is 14.7. The Morgan fingerprint density at radius 1 is 0.571 bits per heavy atom. The van der Waals surface area contributed by atoms with E-state index in [1.54, 1.807) is 0 Å². The molecule has 0 fully saturated rings. The smallest absolute Gasteiger partial charge is 0.00256 e. The molecule has 0 heterocycles. The molecule has 2 aromatic rings. The van der Waals surface area contributed by atoms with Crippen LogP contribution in [-0.4, -0.2) is 0 Å². The predicted octanol–water partition coefficient (Wildman–Crippen LogP) is 6.45. The topological polar surface area (TPSA) is 0 Å². The highest BCUT2D eigenvalue weighted by Gasteiger charge is 1.98. The molecule has 0 atom stereocenters.